The van der Waals surface area contributed by atoms with Crippen LogP contribution in [0.25, 0.3) is 10.9 Å². The Morgan fingerprint density at radius 1 is 1.22 bits per heavy atom. The van der Waals surface area contributed by atoms with Gasteiger partial charge in [-0.15, -0.1) is 0 Å². The molecule has 0 amide bonds. The van der Waals surface area contributed by atoms with Crippen molar-refractivity contribution in [2.24, 2.45) is 11.3 Å². The lowest BCUT2D eigenvalue weighted by molar-refractivity contribution is 0.197. The molecule has 0 radical (unpaired) electrons. The first-order valence-corrected chi connectivity index (χ1v) is 9.71. The van der Waals surface area contributed by atoms with E-state index in [1.54, 1.807) is 11.5 Å². The number of nitrogens with zero attached hydrogens (tertiary/aromatic N) is 2. The van der Waals surface area contributed by atoms with Crippen LogP contribution in [-0.4, -0.2) is 34.4 Å². The lowest BCUT2D eigenvalue weighted by Gasteiger charge is -2.25. The molecule has 144 valence electrons. The third kappa shape index (κ3) is 2.27. The Bertz CT molecular complexity index is 1080. The average molecular weight is 373 g/mol. The molecular formula is C20H24FN3O3. The molecule has 1 aliphatic heterocycles. The first kappa shape index (κ1) is 17.0. The summed E-state index contributed by atoms with van der Waals surface area (Å²) in [4.78, 5) is 29.4. The van der Waals surface area contributed by atoms with Crippen LogP contribution in [0.5, 0.6) is 0 Å². The molecule has 27 heavy (non-hydrogen) atoms. The van der Waals surface area contributed by atoms with Crippen molar-refractivity contribution in [2.45, 2.75) is 45.6 Å². The van der Waals surface area contributed by atoms with E-state index in [0.29, 0.717) is 28.9 Å². The van der Waals surface area contributed by atoms with Crippen molar-refractivity contribution in [1.82, 2.24) is 9.55 Å². The second kappa shape index (κ2) is 5.44. The fourth-order valence-electron chi connectivity index (χ4n) is 5.07. The summed E-state index contributed by atoms with van der Waals surface area (Å²) in [6.07, 6.45) is 3.92. The van der Waals surface area contributed by atoms with E-state index < -0.39 is 11.2 Å². The molecule has 3 fully saturated rings. The number of anilines is 1. The van der Waals surface area contributed by atoms with Gasteiger partial charge in [-0.3, -0.25) is 14.3 Å². The second-order valence-corrected chi connectivity index (χ2v) is 8.62. The van der Waals surface area contributed by atoms with Gasteiger partial charge in [0.15, 0.2) is 5.82 Å². The maximum atomic E-state index is 15.4. The van der Waals surface area contributed by atoms with Crippen molar-refractivity contribution in [1.29, 1.82) is 0 Å². The van der Waals surface area contributed by atoms with E-state index in [9.17, 15) is 14.7 Å². The summed E-state index contributed by atoms with van der Waals surface area (Å²) in [5, 5.41) is 10.0. The van der Waals surface area contributed by atoms with Crippen LogP contribution < -0.4 is 16.1 Å². The van der Waals surface area contributed by atoms with Crippen molar-refractivity contribution in [2.75, 3.05) is 24.6 Å². The normalized spacial score (nSPS) is 23.6. The predicted molar refractivity (Wildman–Crippen MR) is 101 cm³/mol. The number of benzene rings is 1. The van der Waals surface area contributed by atoms with Gasteiger partial charge >= 0.3 is 5.69 Å². The highest BCUT2D eigenvalue weighted by Crippen LogP contribution is 2.57. The topological polar surface area (TPSA) is 78.3 Å². The van der Waals surface area contributed by atoms with Crippen molar-refractivity contribution in [3.05, 3.63) is 37.8 Å². The van der Waals surface area contributed by atoms with Crippen molar-refractivity contribution < 1.29 is 9.50 Å². The molecule has 6 nitrogen and oxygen atoms in total. The number of rotatable bonds is 3. The summed E-state index contributed by atoms with van der Waals surface area (Å²) in [7, 11) is 0. The number of halogens is 1. The molecule has 1 unspecified atom stereocenters. The van der Waals surface area contributed by atoms with Crippen LogP contribution >= 0.6 is 0 Å². The molecule has 2 saturated carbocycles. The van der Waals surface area contributed by atoms with Gasteiger partial charge in [0, 0.05) is 42.8 Å². The molecule has 5 rings (SSSR count). The minimum absolute atomic E-state index is 0.0757. The molecule has 1 saturated heterocycles. The minimum Gasteiger partial charge on any atom is -0.396 e. The molecule has 1 aromatic heterocycles. The summed E-state index contributed by atoms with van der Waals surface area (Å²) in [6, 6.07) is 0.0757. The van der Waals surface area contributed by atoms with Gasteiger partial charge in [-0.05, 0) is 44.9 Å². The van der Waals surface area contributed by atoms with Crippen LogP contribution in [0.4, 0.5) is 10.1 Å². The molecule has 2 heterocycles. The van der Waals surface area contributed by atoms with E-state index in [1.807, 2.05) is 11.8 Å². The average Bonchev–Trinajstić information content (AvgIpc) is 3.52. The number of H-pyrrole nitrogens is 1. The summed E-state index contributed by atoms with van der Waals surface area (Å²) in [5.41, 5.74) is 1.16. The van der Waals surface area contributed by atoms with E-state index >= 15 is 4.39 Å². The Morgan fingerprint density at radius 2 is 1.93 bits per heavy atom. The molecule has 2 N–H and O–H groups in total. The van der Waals surface area contributed by atoms with E-state index in [0.717, 1.165) is 32.2 Å². The maximum Gasteiger partial charge on any atom is 0.329 e. The van der Waals surface area contributed by atoms with Crippen LogP contribution in [0.2, 0.25) is 0 Å². The van der Waals surface area contributed by atoms with Gasteiger partial charge in [0.05, 0.1) is 16.6 Å². The van der Waals surface area contributed by atoms with Gasteiger partial charge in [-0.1, -0.05) is 0 Å². The number of fused-ring (bicyclic) bond motifs is 1. The fourth-order valence-corrected chi connectivity index (χ4v) is 5.07. The zero-order valence-electron chi connectivity index (χ0n) is 15.6. The quantitative estimate of drug-likeness (QED) is 0.863. The van der Waals surface area contributed by atoms with E-state index in [2.05, 4.69) is 4.98 Å². The Balaban J connectivity index is 1.78. The summed E-state index contributed by atoms with van der Waals surface area (Å²) in [6.45, 7) is 4.86. The predicted octanol–water partition coefficient (Wildman–Crippen LogP) is 1.99. The Labute approximate surface area is 155 Å². The minimum atomic E-state index is -0.522. The molecule has 0 bridgehead atoms. The number of aliphatic hydroxyl groups excluding tert-OH is 1. The lowest BCUT2D eigenvalue weighted by atomic mass is 9.94. The Morgan fingerprint density at radius 3 is 2.48 bits per heavy atom. The fraction of sp³-hybridized carbons (Fsp3) is 0.600. The molecule has 7 heteroatoms. The number of aliphatic hydroxyl groups is 1. The molecule has 2 aromatic rings. The van der Waals surface area contributed by atoms with Gasteiger partial charge < -0.3 is 10.0 Å². The zero-order valence-corrected chi connectivity index (χ0v) is 15.6. The van der Waals surface area contributed by atoms with E-state index in [1.165, 1.54) is 0 Å². The number of hydrogen-bond donors (Lipinski definition) is 2. The highest BCUT2D eigenvalue weighted by molar-refractivity contribution is 5.90. The van der Waals surface area contributed by atoms with E-state index in [4.69, 9.17) is 0 Å². The SMILES string of the molecule is Cc1c(F)c(N2CC(CO)C3(CC3)C2)c(C)c2c1c(=O)[nH]c(=O)n2C1CC1. The van der Waals surface area contributed by atoms with Crippen molar-refractivity contribution in [3.63, 3.8) is 0 Å². The second-order valence-electron chi connectivity index (χ2n) is 8.62. The lowest BCUT2D eigenvalue weighted by Crippen LogP contribution is -2.32. The number of aromatic nitrogens is 2. The summed E-state index contributed by atoms with van der Waals surface area (Å²) in [5.74, 6) is -0.238. The maximum absolute atomic E-state index is 15.4. The van der Waals surface area contributed by atoms with Gasteiger partial charge in [0.2, 0.25) is 0 Å². The largest absolute Gasteiger partial charge is 0.396 e. The third-order valence-electron chi connectivity index (χ3n) is 6.92. The van der Waals surface area contributed by atoms with Crippen LogP contribution in [-0.2, 0) is 0 Å². The Kier molecular flexibility index (Phi) is 3.42. The highest BCUT2D eigenvalue weighted by atomic mass is 19.1. The van der Waals surface area contributed by atoms with Crippen LogP contribution in [0.3, 0.4) is 0 Å². The monoisotopic (exact) mass is 373 g/mol. The summed E-state index contributed by atoms with van der Waals surface area (Å²) < 4.78 is 17.1. The zero-order chi connectivity index (χ0) is 19.1. The molecule has 2 aliphatic carbocycles. The third-order valence-corrected chi connectivity index (χ3v) is 6.92. The smallest absolute Gasteiger partial charge is 0.329 e. The van der Waals surface area contributed by atoms with Crippen LogP contribution in [0, 0.1) is 31.0 Å². The standard InChI is InChI=1S/C20H24FN3O3/c1-10-14-16(24(13-3-4-13)19(27)22-18(14)26)11(2)17(15(10)21)23-7-12(8-25)20(9-23)5-6-20/h12-13,25H,3-9H2,1-2H3,(H,22,26,27). The molecule has 1 atom stereocenters. The first-order chi connectivity index (χ1) is 12.9. The van der Waals surface area contributed by atoms with E-state index in [-0.39, 0.29) is 35.2 Å². The number of aryl methyl sites for hydroxylation is 2. The summed E-state index contributed by atoms with van der Waals surface area (Å²) >= 11 is 0. The molecule has 3 aliphatic rings. The van der Waals surface area contributed by atoms with Crippen LogP contribution in [0.15, 0.2) is 9.59 Å². The van der Waals surface area contributed by atoms with Gasteiger partial charge in [-0.2, -0.15) is 0 Å². The van der Waals surface area contributed by atoms with Gasteiger partial charge in [0.1, 0.15) is 0 Å². The Hall–Kier alpha value is -2.15. The number of aromatic amines is 1. The van der Waals surface area contributed by atoms with Crippen molar-refractivity contribution >= 4 is 16.6 Å². The van der Waals surface area contributed by atoms with Gasteiger partial charge in [0.25, 0.3) is 5.56 Å². The molecular weight excluding hydrogens is 349 g/mol. The molecule has 1 aromatic carbocycles. The first-order valence-electron chi connectivity index (χ1n) is 9.71. The molecule has 1 spiro atoms. The number of nitrogens with one attached hydrogen (secondary N) is 1. The number of hydrogen-bond acceptors (Lipinski definition) is 4. The van der Waals surface area contributed by atoms with Crippen LogP contribution in [0.1, 0.15) is 42.9 Å². The highest BCUT2D eigenvalue weighted by Gasteiger charge is 2.55. The van der Waals surface area contributed by atoms with Gasteiger partial charge in [-0.25, -0.2) is 9.18 Å². The van der Waals surface area contributed by atoms with Crippen molar-refractivity contribution in [3.8, 4) is 0 Å².